The number of para-hydroxylation sites is 2. The maximum atomic E-state index is 13.4. The van der Waals surface area contributed by atoms with Crippen molar-refractivity contribution in [2.75, 3.05) is 5.32 Å². The molecule has 0 bridgehead atoms. The molecule has 0 saturated heterocycles. The van der Waals surface area contributed by atoms with Crippen LogP contribution in [0.15, 0.2) is 90.4 Å². The first kappa shape index (κ1) is 16.8. The lowest BCUT2D eigenvalue weighted by Crippen LogP contribution is -2.37. The Morgan fingerprint density at radius 3 is 2.57 bits per heavy atom. The summed E-state index contributed by atoms with van der Waals surface area (Å²) in [7, 11) is 0. The van der Waals surface area contributed by atoms with Crippen molar-refractivity contribution in [1.29, 1.82) is 0 Å². The molecule has 0 radical (unpaired) electrons. The Hall–Kier alpha value is -3.31. The standard InChI is InChI=1S/C23H19N3OS/c27-23(24-18-9-2-1-3-10-18)26-16-17-8-4-5-11-19(17)25-14-6-12-20(25)22(26)21-13-7-15-28-21/h1-15,22H,16H2,(H,24,27)/t22-/m0/s1. The van der Waals surface area contributed by atoms with Gasteiger partial charge in [-0.2, -0.15) is 0 Å². The van der Waals surface area contributed by atoms with Gasteiger partial charge in [0.25, 0.3) is 0 Å². The second kappa shape index (κ2) is 7.02. The van der Waals surface area contributed by atoms with Gasteiger partial charge in [-0.05, 0) is 47.3 Å². The molecule has 5 heteroatoms. The number of thiophene rings is 1. The minimum absolute atomic E-state index is 0.103. The zero-order valence-electron chi connectivity index (χ0n) is 15.2. The van der Waals surface area contributed by atoms with E-state index in [2.05, 4.69) is 45.7 Å². The molecule has 4 nitrogen and oxygen atoms in total. The first-order valence-electron chi connectivity index (χ1n) is 9.23. The summed E-state index contributed by atoms with van der Waals surface area (Å²) in [5.41, 5.74) is 4.14. The van der Waals surface area contributed by atoms with E-state index in [4.69, 9.17) is 0 Å². The average molecular weight is 385 g/mol. The van der Waals surface area contributed by atoms with Crippen molar-refractivity contribution >= 4 is 23.1 Å². The number of nitrogens with one attached hydrogen (secondary N) is 1. The maximum Gasteiger partial charge on any atom is 0.323 e. The molecule has 1 aliphatic heterocycles. The lowest BCUT2D eigenvalue weighted by molar-refractivity contribution is 0.195. The van der Waals surface area contributed by atoms with Crippen LogP contribution in [-0.2, 0) is 6.54 Å². The number of carbonyl (C=O) groups is 1. The fourth-order valence-electron chi connectivity index (χ4n) is 3.80. The molecule has 0 spiro atoms. The van der Waals surface area contributed by atoms with Crippen LogP contribution in [0.3, 0.4) is 0 Å². The van der Waals surface area contributed by atoms with Crippen molar-refractivity contribution in [2.45, 2.75) is 12.6 Å². The quantitative estimate of drug-likeness (QED) is 0.474. The highest BCUT2D eigenvalue weighted by Gasteiger charge is 2.33. The van der Waals surface area contributed by atoms with Gasteiger partial charge in [0.2, 0.25) is 0 Å². The highest BCUT2D eigenvalue weighted by molar-refractivity contribution is 7.10. The Bertz CT molecular complexity index is 1100. The third kappa shape index (κ3) is 2.90. The van der Waals surface area contributed by atoms with Crippen LogP contribution in [0.5, 0.6) is 0 Å². The number of carbonyl (C=O) groups excluding carboxylic acids is 1. The fourth-order valence-corrected chi connectivity index (χ4v) is 4.65. The van der Waals surface area contributed by atoms with E-state index in [0.29, 0.717) is 6.54 Å². The van der Waals surface area contributed by atoms with E-state index < -0.39 is 0 Å². The van der Waals surface area contributed by atoms with Gasteiger partial charge in [0.15, 0.2) is 0 Å². The first-order chi connectivity index (χ1) is 13.8. The van der Waals surface area contributed by atoms with Crippen LogP contribution in [0.2, 0.25) is 0 Å². The molecule has 1 aliphatic rings. The van der Waals surface area contributed by atoms with Crippen molar-refractivity contribution in [3.63, 3.8) is 0 Å². The van der Waals surface area contributed by atoms with Crippen LogP contribution < -0.4 is 5.32 Å². The van der Waals surface area contributed by atoms with E-state index in [1.807, 2.05) is 59.5 Å². The minimum Gasteiger partial charge on any atom is -0.318 e. The number of anilines is 1. The molecule has 2 aromatic heterocycles. The Balaban J connectivity index is 1.63. The Morgan fingerprint density at radius 2 is 1.75 bits per heavy atom. The minimum atomic E-state index is -0.147. The number of benzene rings is 2. The summed E-state index contributed by atoms with van der Waals surface area (Å²) >= 11 is 1.68. The van der Waals surface area contributed by atoms with Crippen molar-refractivity contribution in [1.82, 2.24) is 9.47 Å². The van der Waals surface area contributed by atoms with E-state index >= 15 is 0 Å². The first-order valence-corrected chi connectivity index (χ1v) is 10.1. The van der Waals surface area contributed by atoms with Crippen LogP contribution in [0.4, 0.5) is 10.5 Å². The smallest absolute Gasteiger partial charge is 0.318 e. The molecule has 138 valence electrons. The average Bonchev–Trinajstić information content (AvgIpc) is 3.40. The number of hydrogen-bond donors (Lipinski definition) is 1. The highest BCUT2D eigenvalue weighted by atomic mass is 32.1. The van der Waals surface area contributed by atoms with Gasteiger partial charge in [-0.25, -0.2) is 4.79 Å². The normalized spacial score (nSPS) is 15.4. The molecular formula is C23H19N3OS. The summed E-state index contributed by atoms with van der Waals surface area (Å²) in [4.78, 5) is 16.5. The van der Waals surface area contributed by atoms with Gasteiger partial charge in [0.1, 0.15) is 6.04 Å². The van der Waals surface area contributed by atoms with Gasteiger partial charge in [-0.3, -0.25) is 0 Å². The summed E-state index contributed by atoms with van der Waals surface area (Å²) in [5.74, 6) is 0. The summed E-state index contributed by atoms with van der Waals surface area (Å²) in [6.45, 7) is 0.541. The molecule has 28 heavy (non-hydrogen) atoms. The third-order valence-corrected chi connectivity index (χ3v) is 5.99. The molecule has 1 N–H and O–H groups in total. The van der Waals surface area contributed by atoms with Crippen LogP contribution in [0.1, 0.15) is 22.2 Å². The molecule has 2 aromatic carbocycles. The lowest BCUT2D eigenvalue weighted by atomic mass is 10.1. The summed E-state index contributed by atoms with van der Waals surface area (Å²) in [6.07, 6.45) is 2.08. The van der Waals surface area contributed by atoms with Crippen molar-refractivity contribution in [2.24, 2.45) is 0 Å². The van der Waals surface area contributed by atoms with Gasteiger partial charge in [0, 0.05) is 16.8 Å². The zero-order valence-corrected chi connectivity index (χ0v) is 16.0. The number of hydrogen-bond acceptors (Lipinski definition) is 2. The number of rotatable bonds is 2. The molecule has 1 atom stereocenters. The largest absolute Gasteiger partial charge is 0.323 e. The van der Waals surface area contributed by atoms with Gasteiger partial charge < -0.3 is 14.8 Å². The molecule has 4 aromatic rings. The fraction of sp³-hybridized carbons (Fsp3) is 0.0870. The molecule has 0 saturated carbocycles. The Kier molecular flexibility index (Phi) is 4.22. The Labute approximate surface area is 167 Å². The summed E-state index contributed by atoms with van der Waals surface area (Å²) < 4.78 is 2.20. The second-order valence-electron chi connectivity index (χ2n) is 6.77. The predicted octanol–water partition coefficient (Wildman–Crippen LogP) is 5.68. The van der Waals surface area contributed by atoms with Crippen LogP contribution >= 0.6 is 11.3 Å². The molecule has 0 fully saturated rings. The number of nitrogens with zero attached hydrogens (tertiary/aromatic N) is 2. The molecule has 2 amide bonds. The van der Waals surface area contributed by atoms with Gasteiger partial charge in [0.05, 0.1) is 17.9 Å². The SMILES string of the molecule is O=C(Nc1ccccc1)N1Cc2ccccc2-n2cccc2[C@H]1c1cccs1. The van der Waals surface area contributed by atoms with E-state index in [0.717, 1.165) is 27.5 Å². The number of urea groups is 1. The monoisotopic (exact) mass is 385 g/mol. The van der Waals surface area contributed by atoms with E-state index in [1.54, 1.807) is 11.3 Å². The number of fused-ring (bicyclic) bond motifs is 3. The van der Waals surface area contributed by atoms with Gasteiger partial charge >= 0.3 is 6.03 Å². The van der Waals surface area contributed by atoms with E-state index in [9.17, 15) is 4.79 Å². The summed E-state index contributed by atoms with van der Waals surface area (Å²) in [6, 6.07) is 25.9. The van der Waals surface area contributed by atoms with E-state index in [1.165, 1.54) is 0 Å². The Morgan fingerprint density at radius 1 is 0.929 bits per heavy atom. The molecule has 3 heterocycles. The lowest BCUT2D eigenvalue weighted by Gasteiger charge is -2.30. The van der Waals surface area contributed by atoms with Crippen LogP contribution in [0.25, 0.3) is 5.69 Å². The third-order valence-electron chi connectivity index (χ3n) is 5.06. The van der Waals surface area contributed by atoms with E-state index in [-0.39, 0.29) is 12.1 Å². The predicted molar refractivity (Wildman–Crippen MR) is 113 cm³/mol. The number of amides is 2. The van der Waals surface area contributed by atoms with Gasteiger partial charge in [-0.1, -0.05) is 42.5 Å². The van der Waals surface area contributed by atoms with Gasteiger partial charge in [-0.15, -0.1) is 11.3 Å². The second-order valence-corrected chi connectivity index (χ2v) is 7.75. The maximum absolute atomic E-state index is 13.4. The van der Waals surface area contributed by atoms with Crippen LogP contribution in [0, 0.1) is 0 Å². The topological polar surface area (TPSA) is 37.3 Å². The van der Waals surface area contributed by atoms with Crippen molar-refractivity contribution in [3.8, 4) is 5.69 Å². The molecule has 5 rings (SSSR count). The zero-order chi connectivity index (χ0) is 18.9. The highest BCUT2D eigenvalue weighted by Crippen LogP contribution is 2.38. The van der Waals surface area contributed by atoms with Crippen molar-refractivity contribution in [3.05, 3.63) is 107 Å². The van der Waals surface area contributed by atoms with Crippen LogP contribution in [-0.4, -0.2) is 15.5 Å². The van der Waals surface area contributed by atoms with Crippen molar-refractivity contribution < 1.29 is 4.79 Å². The number of aromatic nitrogens is 1. The molecule has 0 unspecified atom stereocenters. The molecular weight excluding hydrogens is 366 g/mol. The molecule has 0 aliphatic carbocycles. The summed E-state index contributed by atoms with van der Waals surface area (Å²) in [5, 5.41) is 5.13.